The van der Waals surface area contributed by atoms with Gasteiger partial charge in [0.15, 0.2) is 0 Å². The van der Waals surface area contributed by atoms with Crippen molar-refractivity contribution in [1.82, 2.24) is 9.34 Å². The minimum Gasteiger partial charge on any atom is -0.449 e. The van der Waals surface area contributed by atoms with Crippen molar-refractivity contribution in [3.05, 3.63) is 0 Å². The SMILES string of the molecule is CCCCCCOC(=O)N(C)P(=O)(SCCC)N(C)C(=O)CCCCCC. The maximum atomic E-state index is 13.6. The Morgan fingerprint density at radius 3 is 2.00 bits per heavy atom. The zero-order chi connectivity index (χ0) is 20.7. The van der Waals surface area contributed by atoms with Gasteiger partial charge < -0.3 is 4.74 Å². The number of rotatable bonds is 15. The second-order valence-corrected chi connectivity index (χ2v) is 11.8. The van der Waals surface area contributed by atoms with Crippen LogP contribution in [-0.4, -0.2) is 47.8 Å². The van der Waals surface area contributed by atoms with Gasteiger partial charge in [0, 0.05) is 26.3 Å². The maximum Gasteiger partial charge on any atom is 0.416 e. The number of nitrogens with zero attached hydrogens (tertiary/aromatic N) is 2. The molecule has 0 heterocycles. The molecule has 8 heteroatoms. The Bertz CT molecular complexity index is 477. The first-order valence-electron chi connectivity index (χ1n) is 10.3. The molecule has 0 saturated heterocycles. The molecule has 0 bridgehead atoms. The third-order valence-electron chi connectivity index (χ3n) is 4.31. The summed E-state index contributed by atoms with van der Waals surface area (Å²) in [6, 6.07) is 0. The fourth-order valence-corrected chi connectivity index (χ4v) is 7.06. The fraction of sp³-hybridized carbons (Fsp3) is 0.895. The minimum atomic E-state index is -3.39. The minimum absolute atomic E-state index is 0.180. The van der Waals surface area contributed by atoms with E-state index in [4.69, 9.17) is 4.74 Å². The van der Waals surface area contributed by atoms with E-state index in [-0.39, 0.29) is 5.91 Å². The molecule has 27 heavy (non-hydrogen) atoms. The van der Waals surface area contributed by atoms with Gasteiger partial charge in [-0.15, -0.1) is 0 Å². The Hall–Kier alpha value is -0.680. The van der Waals surface area contributed by atoms with Gasteiger partial charge in [-0.1, -0.05) is 70.7 Å². The molecule has 2 amide bonds. The van der Waals surface area contributed by atoms with Crippen LogP contribution in [0.2, 0.25) is 0 Å². The highest BCUT2D eigenvalue weighted by Crippen LogP contribution is 2.63. The number of unbranched alkanes of at least 4 members (excludes halogenated alkanes) is 6. The molecule has 0 aliphatic rings. The van der Waals surface area contributed by atoms with Gasteiger partial charge >= 0.3 is 12.7 Å². The summed E-state index contributed by atoms with van der Waals surface area (Å²) >= 11 is 1.17. The first-order valence-corrected chi connectivity index (χ1v) is 13.5. The van der Waals surface area contributed by atoms with E-state index in [1.54, 1.807) is 0 Å². The monoisotopic (exact) mass is 422 g/mol. The van der Waals surface area contributed by atoms with Crippen LogP contribution in [0.4, 0.5) is 4.79 Å². The van der Waals surface area contributed by atoms with E-state index in [0.29, 0.717) is 18.8 Å². The number of hydrogen-bond acceptors (Lipinski definition) is 5. The van der Waals surface area contributed by atoms with Crippen LogP contribution in [-0.2, 0) is 14.1 Å². The van der Waals surface area contributed by atoms with Crippen molar-refractivity contribution in [2.24, 2.45) is 0 Å². The molecule has 0 spiro atoms. The normalized spacial score (nSPS) is 13.1. The molecule has 0 aromatic heterocycles. The Morgan fingerprint density at radius 2 is 1.44 bits per heavy atom. The number of hydrogen-bond donors (Lipinski definition) is 0. The largest absolute Gasteiger partial charge is 0.449 e. The van der Waals surface area contributed by atoms with Crippen LogP contribution in [0.5, 0.6) is 0 Å². The fourth-order valence-electron chi connectivity index (χ4n) is 2.48. The van der Waals surface area contributed by atoms with Crippen molar-refractivity contribution in [2.45, 2.75) is 85.0 Å². The van der Waals surface area contributed by atoms with Gasteiger partial charge in [0.1, 0.15) is 0 Å². The average molecular weight is 423 g/mol. The van der Waals surface area contributed by atoms with Crippen molar-refractivity contribution < 1.29 is 18.9 Å². The molecule has 0 aliphatic heterocycles. The molecule has 0 N–H and O–H groups in total. The van der Waals surface area contributed by atoms with E-state index < -0.39 is 12.7 Å². The lowest BCUT2D eigenvalue weighted by Crippen LogP contribution is -2.34. The summed E-state index contributed by atoms with van der Waals surface area (Å²) in [5.41, 5.74) is 0. The highest BCUT2D eigenvalue weighted by molar-refractivity contribution is 8.56. The molecule has 0 rings (SSSR count). The van der Waals surface area contributed by atoms with Crippen molar-refractivity contribution in [3.8, 4) is 0 Å². The first-order chi connectivity index (χ1) is 12.8. The maximum absolute atomic E-state index is 13.6. The van der Waals surface area contributed by atoms with Crippen molar-refractivity contribution >= 4 is 30.0 Å². The average Bonchev–Trinajstić information content (AvgIpc) is 2.67. The van der Waals surface area contributed by atoms with Crippen LogP contribution in [0.15, 0.2) is 0 Å². The number of carbonyl (C=O) groups is 2. The molecule has 160 valence electrons. The molecular weight excluding hydrogens is 383 g/mol. The van der Waals surface area contributed by atoms with E-state index in [1.807, 2.05) is 6.92 Å². The summed E-state index contributed by atoms with van der Waals surface area (Å²) in [6.45, 7) is 3.15. The van der Waals surface area contributed by atoms with E-state index >= 15 is 0 Å². The zero-order valence-electron chi connectivity index (χ0n) is 17.9. The second-order valence-electron chi connectivity index (χ2n) is 6.75. The molecular formula is C19H39N2O4PS. The van der Waals surface area contributed by atoms with E-state index in [9.17, 15) is 14.2 Å². The highest BCUT2D eigenvalue weighted by atomic mass is 32.7. The summed E-state index contributed by atoms with van der Waals surface area (Å²) in [4.78, 5) is 24.9. The van der Waals surface area contributed by atoms with Gasteiger partial charge in [0.2, 0.25) is 5.91 Å². The molecule has 0 radical (unpaired) electrons. The zero-order valence-corrected chi connectivity index (χ0v) is 19.6. The molecule has 0 fully saturated rings. The highest BCUT2D eigenvalue weighted by Gasteiger charge is 2.39. The van der Waals surface area contributed by atoms with Crippen LogP contribution in [0.25, 0.3) is 0 Å². The van der Waals surface area contributed by atoms with Crippen LogP contribution < -0.4 is 0 Å². The standard InChI is InChI=1S/C19H39N2O4PS/c1-6-9-11-13-15-18(22)20(4)26(24,27-17-8-3)21(5)19(23)25-16-14-12-10-7-2/h6-17H2,1-5H3. The van der Waals surface area contributed by atoms with Crippen molar-refractivity contribution in [2.75, 3.05) is 26.5 Å². The second kappa shape index (κ2) is 15.3. The molecule has 0 saturated carbocycles. The van der Waals surface area contributed by atoms with Gasteiger partial charge in [-0.25, -0.2) is 9.46 Å². The lowest BCUT2D eigenvalue weighted by atomic mass is 10.1. The quantitative estimate of drug-likeness (QED) is 0.228. The van der Waals surface area contributed by atoms with Gasteiger partial charge in [0.05, 0.1) is 6.61 Å². The molecule has 0 aromatic carbocycles. The van der Waals surface area contributed by atoms with Crippen LogP contribution >= 0.6 is 18.0 Å². The molecule has 0 aromatic rings. The predicted molar refractivity (Wildman–Crippen MR) is 115 cm³/mol. The molecule has 6 nitrogen and oxygen atoms in total. The van der Waals surface area contributed by atoms with Crippen LogP contribution in [0.1, 0.15) is 85.0 Å². The Labute approximate surface area is 170 Å². The Morgan fingerprint density at radius 1 is 0.852 bits per heavy atom. The molecule has 1 atom stereocenters. The number of carbonyl (C=O) groups excluding carboxylic acids is 2. The van der Waals surface area contributed by atoms with Gasteiger partial charge in [-0.3, -0.25) is 14.0 Å². The summed E-state index contributed by atoms with van der Waals surface area (Å²) in [7, 11) is 3.01. The van der Waals surface area contributed by atoms with Crippen molar-refractivity contribution in [3.63, 3.8) is 0 Å². The van der Waals surface area contributed by atoms with E-state index in [0.717, 1.165) is 62.5 Å². The molecule has 0 aliphatic carbocycles. The lowest BCUT2D eigenvalue weighted by molar-refractivity contribution is -0.125. The lowest BCUT2D eigenvalue weighted by Gasteiger charge is -2.33. The van der Waals surface area contributed by atoms with E-state index in [1.165, 1.54) is 30.1 Å². The Balaban J connectivity index is 4.88. The topological polar surface area (TPSA) is 66.9 Å². The van der Waals surface area contributed by atoms with Crippen LogP contribution in [0.3, 0.4) is 0 Å². The summed E-state index contributed by atoms with van der Waals surface area (Å²) < 4.78 is 21.3. The summed E-state index contributed by atoms with van der Waals surface area (Å²) in [5, 5.41) is 0. The van der Waals surface area contributed by atoms with Crippen molar-refractivity contribution in [1.29, 1.82) is 0 Å². The summed E-state index contributed by atoms with van der Waals surface area (Å²) in [5.74, 6) is 0.430. The van der Waals surface area contributed by atoms with Crippen LogP contribution in [0, 0.1) is 0 Å². The van der Waals surface area contributed by atoms with E-state index in [2.05, 4.69) is 13.8 Å². The number of amides is 2. The smallest absolute Gasteiger partial charge is 0.416 e. The first kappa shape index (κ1) is 26.3. The van der Waals surface area contributed by atoms with Gasteiger partial charge in [0.25, 0.3) is 0 Å². The summed E-state index contributed by atoms with van der Waals surface area (Å²) in [6.07, 6.45) is 8.52. The number of ether oxygens (including phenoxy) is 1. The molecule has 1 unspecified atom stereocenters. The van der Waals surface area contributed by atoms with Gasteiger partial charge in [-0.05, 0) is 19.3 Å². The third-order valence-corrected chi connectivity index (χ3v) is 10.2. The third kappa shape index (κ3) is 9.89. The van der Waals surface area contributed by atoms with Gasteiger partial charge in [-0.2, -0.15) is 0 Å². The predicted octanol–water partition coefficient (Wildman–Crippen LogP) is 6.32. The Kier molecular flexibility index (Phi) is 14.9.